The van der Waals surface area contributed by atoms with Crippen molar-refractivity contribution < 1.29 is 40.9 Å². The number of hydrogen-bond acceptors (Lipinski definition) is 6. The fourth-order valence-electron chi connectivity index (χ4n) is 3.36. The van der Waals surface area contributed by atoms with E-state index in [1.54, 1.807) is 0 Å². The molecule has 2 aromatic rings. The van der Waals surface area contributed by atoms with Crippen molar-refractivity contribution in [3.63, 3.8) is 0 Å². The minimum Gasteiger partial charge on any atom is -0.477 e. The number of halogens is 4. The summed E-state index contributed by atoms with van der Waals surface area (Å²) in [6.45, 7) is -0.452. The zero-order chi connectivity index (χ0) is 22.9. The highest BCUT2D eigenvalue weighted by Crippen LogP contribution is 2.39. The number of aromatic nitrogens is 1. The van der Waals surface area contributed by atoms with Crippen molar-refractivity contribution >= 4 is 10.0 Å². The van der Waals surface area contributed by atoms with Gasteiger partial charge in [0.25, 0.3) is 0 Å². The molecule has 1 saturated carbocycles. The summed E-state index contributed by atoms with van der Waals surface area (Å²) in [6.07, 6.45) is -6.22. The number of pyridine rings is 1. The summed E-state index contributed by atoms with van der Waals surface area (Å²) in [5.41, 5.74) is -2.00. The summed E-state index contributed by atoms with van der Waals surface area (Å²) in [5.74, 6) is -0.723. The first-order valence-electron chi connectivity index (χ1n) is 9.18. The van der Waals surface area contributed by atoms with Crippen LogP contribution in [-0.4, -0.2) is 49.0 Å². The maximum Gasteiger partial charge on any atom is 0.417 e. The van der Waals surface area contributed by atoms with E-state index < -0.39 is 45.2 Å². The monoisotopic (exact) mass is 464 g/mol. The molecule has 1 aliphatic carbocycles. The van der Waals surface area contributed by atoms with Crippen molar-refractivity contribution in [1.29, 1.82) is 0 Å². The fraction of sp³-hybridized carbons (Fsp3) is 0.421. The Morgan fingerprint density at radius 3 is 2.23 bits per heavy atom. The fourth-order valence-corrected chi connectivity index (χ4v) is 4.52. The number of aliphatic hydroxyl groups excluding tert-OH is 2. The highest BCUT2D eigenvalue weighted by molar-refractivity contribution is 7.89. The molecule has 0 radical (unpaired) electrons. The van der Waals surface area contributed by atoms with Gasteiger partial charge >= 0.3 is 6.18 Å². The third-order valence-corrected chi connectivity index (χ3v) is 6.50. The van der Waals surface area contributed by atoms with E-state index in [0.717, 1.165) is 36.4 Å². The second-order valence-corrected chi connectivity index (χ2v) is 9.26. The Hall–Kier alpha value is -2.28. The standard InChI is InChI=1S/C19H20F4N2O5S/c20-13-2-4-14(5-3-13)31(28,29)25-10-18(7-15(26)16(27)8-18)11-30-17-6-1-12(9-24-17)19(21,22)23/h1-6,9,15-16,25-27H,7-8,10-11H2/t15-,16+,18?. The number of aliphatic hydroxyl groups is 2. The molecule has 0 bridgehead atoms. The highest BCUT2D eigenvalue weighted by Gasteiger charge is 2.45. The second-order valence-electron chi connectivity index (χ2n) is 7.49. The van der Waals surface area contributed by atoms with Gasteiger partial charge in [0.1, 0.15) is 5.82 Å². The molecule has 0 saturated heterocycles. The SMILES string of the molecule is O=S(=O)(NCC1(COc2ccc(C(F)(F)F)cn2)C[C@@H](O)[C@@H](O)C1)c1ccc(F)cc1. The summed E-state index contributed by atoms with van der Waals surface area (Å²) >= 11 is 0. The van der Waals surface area contributed by atoms with E-state index in [1.807, 2.05) is 0 Å². The number of alkyl halides is 3. The van der Waals surface area contributed by atoms with Crippen LogP contribution >= 0.6 is 0 Å². The lowest BCUT2D eigenvalue weighted by Gasteiger charge is -2.29. The third-order valence-electron chi connectivity index (χ3n) is 5.08. The van der Waals surface area contributed by atoms with E-state index in [-0.39, 0.29) is 36.8 Å². The predicted molar refractivity (Wildman–Crippen MR) is 100 cm³/mol. The van der Waals surface area contributed by atoms with Crippen molar-refractivity contribution in [3.05, 3.63) is 54.0 Å². The first kappa shape index (κ1) is 23.4. The molecule has 3 rings (SSSR count). The lowest BCUT2D eigenvalue weighted by atomic mass is 9.87. The summed E-state index contributed by atoms with van der Waals surface area (Å²) in [6, 6.07) is 5.99. The Bertz CT molecular complexity index is 987. The van der Waals surface area contributed by atoms with Gasteiger partial charge in [0.15, 0.2) is 0 Å². The summed E-state index contributed by atoms with van der Waals surface area (Å²) in [4.78, 5) is 3.43. The molecule has 1 aromatic heterocycles. The Balaban J connectivity index is 1.72. The topological polar surface area (TPSA) is 109 Å². The number of sulfonamides is 1. The van der Waals surface area contributed by atoms with E-state index >= 15 is 0 Å². The van der Waals surface area contributed by atoms with E-state index in [0.29, 0.717) is 6.20 Å². The molecule has 1 fully saturated rings. The molecule has 3 atom stereocenters. The molecular weight excluding hydrogens is 444 g/mol. The van der Waals surface area contributed by atoms with Crippen LogP contribution in [0.4, 0.5) is 17.6 Å². The Kier molecular flexibility index (Phi) is 6.56. The average Bonchev–Trinajstić information content (AvgIpc) is 2.99. The summed E-state index contributed by atoms with van der Waals surface area (Å²) in [5, 5.41) is 19.9. The van der Waals surface area contributed by atoms with E-state index in [1.165, 1.54) is 0 Å². The molecule has 1 aromatic carbocycles. The smallest absolute Gasteiger partial charge is 0.417 e. The maximum atomic E-state index is 13.0. The van der Waals surface area contributed by atoms with Crippen molar-refractivity contribution in [3.8, 4) is 5.88 Å². The third kappa shape index (κ3) is 5.70. The van der Waals surface area contributed by atoms with E-state index in [2.05, 4.69) is 9.71 Å². The van der Waals surface area contributed by atoms with Crippen LogP contribution in [0.15, 0.2) is 47.5 Å². The Labute approximate surface area is 175 Å². The molecule has 7 nitrogen and oxygen atoms in total. The predicted octanol–water partition coefficient (Wildman–Crippen LogP) is 2.10. The van der Waals surface area contributed by atoms with Crippen molar-refractivity contribution in [2.75, 3.05) is 13.2 Å². The van der Waals surface area contributed by atoms with Gasteiger partial charge < -0.3 is 14.9 Å². The van der Waals surface area contributed by atoms with E-state index in [4.69, 9.17) is 4.74 Å². The molecule has 12 heteroatoms. The largest absolute Gasteiger partial charge is 0.477 e. The van der Waals surface area contributed by atoms with Gasteiger partial charge in [-0.3, -0.25) is 0 Å². The number of hydrogen-bond donors (Lipinski definition) is 3. The lowest BCUT2D eigenvalue weighted by molar-refractivity contribution is -0.137. The number of rotatable bonds is 7. The minimum atomic E-state index is -4.55. The first-order valence-corrected chi connectivity index (χ1v) is 10.7. The van der Waals surface area contributed by atoms with Crippen molar-refractivity contribution in [2.45, 2.75) is 36.1 Å². The van der Waals surface area contributed by atoms with Gasteiger partial charge in [-0.05, 0) is 43.2 Å². The van der Waals surface area contributed by atoms with Crippen LogP contribution in [0.2, 0.25) is 0 Å². The second kappa shape index (κ2) is 8.69. The van der Waals surface area contributed by atoms with Crippen LogP contribution in [0.3, 0.4) is 0 Å². The number of ether oxygens (including phenoxy) is 1. The quantitative estimate of drug-likeness (QED) is 0.542. The van der Waals surface area contributed by atoms with Crippen molar-refractivity contribution in [2.24, 2.45) is 5.41 Å². The summed E-state index contributed by atoms with van der Waals surface area (Å²) in [7, 11) is -4.02. The van der Waals surface area contributed by atoms with Crippen LogP contribution in [0.5, 0.6) is 5.88 Å². The Morgan fingerprint density at radius 1 is 1.10 bits per heavy atom. The zero-order valence-electron chi connectivity index (χ0n) is 16.0. The van der Waals surface area contributed by atoms with Gasteiger partial charge in [-0.1, -0.05) is 0 Å². The number of benzene rings is 1. The van der Waals surface area contributed by atoms with Crippen LogP contribution in [0.25, 0.3) is 0 Å². The Morgan fingerprint density at radius 2 is 1.71 bits per heavy atom. The van der Waals surface area contributed by atoms with Crippen molar-refractivity contribution in [1.82, 2.24) is 9.71 Å². The van der Waals surface area contributed by atoms with Crippen LogP contribution in [-0.2, 0) is 16.2 Å². The van der Waals surface area contributed by atoms with Crippen LogP contribution in [0.1, 0.15) is 18.4 Å². The molecule has 1 heterocycles. The average molecular weight is 464 g/mol. The van der Waals surface area contributed by atoms with E-state index in [9.17, 15) is 36.2 Å². The highest BCUT2D eigenvalue weighted by atomic mass is 32.2. The molecule has 170 valence electrons. The first-order chi connectivity index (χ1) is 14.4. The molecule has 0 spiro atoms. The van der Waals surface area contributed by atoms with Gasteiger partial charge in [0.2, 0.25) is 15.9 Å². The van der Waals surface area contributed by atoms with Gasteiger partial charge in [0, 0.05) is 24.2 Å². The molecule has 0 amide bonds. The zero-order valence-corrected chi connectivity index (χ0v) is 16.8. The normalized spacial score (nSPS) is 24.3. The van der Waals surface area contributed by atoms with Gasteiger partial charge in [-0.2, -0.15) is 13.2 Å². The lowest BCUT2D eigenvalue weighted by Crippen LogP contribution is -2.40. The summed E-state index contributed by atoms with van der Waals surface area (Å²) < 4.78 is 83.8. The molecule has 0 aliphatic heterocycles. The molecule has 31 heavy (non-hydrogen) atoms. The van der Waals surface area contributed by atoms with Crippen LogP contribution < -0.4 is 9.46 Å². The molecule has 1 unspecified atom stereocenters. The number of nitrogens with zero attached hydrogens (tertiary/aromatic N) is 1. The molecule has 3 N–H and O–H groups in total. The molecular formula is C19H20F4N2O5S. The number of nitrogens with one attached hydrogen (secondary N) is 1. The molecule has 1 aliphatic rings. The van der Waals surface area contributed by atoms with Crippen LogP contribution in [0, 0.1) is 11.2 Å². The van der Waals surface area contributed by atoms with Gasteiger partial charge in [-0.15, -0.1) is 0 Å². The van der Waals surface area contributed by atoms with Gasteiger partial charge in [-0.25, -0.2) is 22.5 Å². The maximum absolute atomic E-state index is 13.0. The minimum absolute atomic E-state index is 0.0132. The van der Waals surface area contributed by atoms with Gasteiger partial charge in [0.05, 0.1) is 29.3 Å².